The highest BCUT2D eigenvalue weighted by atomic mass is 16.5. The molecule has 4 atom stereocenters. The third-order valence-corrected chi connectivity index (χ3v) is 10.3. The Labute approximate surface area is 250 Å². The van der Waals surface area contributed by atoms with E-state index in [1.54, 1.807) is 0 Å². The Balaban J connectivity index is 1.35. The topological polar surface area (TPSA) is 105 Å². The second-order valence-electron chi connectivity index (χ2n) is 12.9. The molecule has 9 nitrogen and oxygen atoms in total. The Kier molecular flexibility index (Phi) is 10.1. The van der Waals surface area contributed by atoms with Gasteiger partial charge in [-0.3, -0.25) is 19.2 Å². The monoisotopic (exact) mass is 583 g/mol. The van der Waals surface area contributed by atoms with E-state index in [9.17, 15) is 19.2 Å². The van der Waals surface area contributed by atoms with Crippen molar-refractivity contribution < 1.29 is 28.7 Å². The Morgan fingerprint density at radius 1 is 1.10 bits per heavy atom. The minimum atomic E-state index is -1.14. The van der Waals surface area contributed by atoms with Crippen LogP contribution in [-0.2, 0) is 28.7 Å². The van der Waals surface area contributed by atoms with E-state index in [0.29, 0.717) is 38.4 Å². The summed E-state index contributed by atoms with van der Waals surface area (Å²) in [5.74, 6) is -0.801. The molecule has 0 aromatic rings. The Morgan fingerprint density at radius 2 is 1.90 bits per heavy atom. The van der Waals surface area contributed by atoms with Gasteiger partial charge in [-0.25, -0.2) is 0 Å². The van der Waals surface area contributed by atoms with Crippen LogP contribution in [-0.4, -0.2) is 79.0 Å². The molecule has 0 radical (unpaired) electrons. The van der Waals surface area contributed by atoms with Crippen molar-refractivity contribution in [1.29, 1.82) is 0 Å². The van der Waals surface area contributed by atoms with Gasteiger partial charge in [-0.15, -0.1) is 0 Å². The largest absolute Gasteiger partial charge is 0.468 e. The molecule has 3 amide bonds. The average Bonchev–Trinajstić information content (AvgIpc) is 3.68. The van der Waals surface area contributed by atoms with E-state index in [-0.39, 0.29) is 36.7 Å². The molecule has 42 heavy (non-hydrogen) atoms. The van der Waals surface area contributed by atoms with Crippen molar-refractivity contribution in [2.45, 2.75) is 109 Å². The predicted octanol–water partition coefficient (Wildman–Crippen LogP) is 4.27. The lowest BCUT2D eigenvalue weighted by Gasteiger charge is -2.52. The molecule has 3 aliphatic heterocycles. The van der Waals surface area contributed by atoms with E-state index in [2.05, 4.69) is 17.5 Å². The zero-order valence-corrected chi connectivity index (χ0v) is 25.5. The molecule has 0 unspecified atom stereocenters. The summed E-state index contributed by atoms with van der Waals surface area (Å²) in [4.78, 5) is 56.5. The lowest BCUT2D eigenvalue weighted by atomic mass is 9.66. The molecule has 232 valence electrons. The lowest BCUT2D eigenvalue weighted by molar-refractivity contribution is -0.177. The highest BCUT2D eigenvalue weighted by molar-refractivity contribution is 5.92. The molecule has 2 saturated heterocycles. The Hall–Kier alpha value is -2.68. The van der Waals surface area contributed by atoms with Gasteiger partial charge >= 0.3 is 5.97 Å². The zero-order chi connectivity index (χ0) is 29.7. The number of likely N-dealkylation sites (tertiary alicyclic amines) is 2. The molecule has 2 aliphatic carbocycles. The van der Waals surface area contributed by atoms with Crippen LogP contribution in [0.2, 0.25) is 0 Å². The molecular formula is C33H49N3O6. The van der Waals surface area contributed by atoms with Crippen LogP contribution in [0.3, 0.4) is 0 Å². The fourth-order valence-corrected chi connectivity index (χ4v) is 7.90. The average molecular weight is 584 g/mol. The predicted molar refractivity (Wildman–Crippen MR) is 158 cm³/mol. The summed E-state index contributed by atoms with van der Waals surface area (Å²) in [7, 11) is 1.39. The number of hydrogen-bond donors (Lipinski definition) is 1. The number of esters is 1. The standard InChI is InChI=1S/C33H49N3O6/c1-23-33(32(40)41-2)22-26(20-29(37)34-16-9-18-35-17-8-14-30(35)38)31(39)36(19-15-24-10-4-3-5-11-24)28(33)21-27(42-23)25-12-6-7-13-25/h10,21,23,25-27H,3-9,11-20,22H2,1-2H3,(H,34,37)/t23-,26+,27-,33+/m1/s1. The number of piperidine rings is 1. The van der Waals surface area contributed by atoms with Crippen LogP contribution in [0.25, 0.3) is 0 Å². The number of ether oxygens (including phenoxy) is 2. The van der Waals surface area contributed by atoms with Gasteiger partial charge in [0.1, 0.15) is 5.41 Å². The first-order valence-corrected chi connectivity index (χ1v) is 16.3. The van der Waals surface area contributed by atoms with E-state index in [1.807, 2.05) is 16.7 Å². The number of rotatable bonds is 11. The van der Waals surface area contributed by atoms with Crippen molar-refractivity contribution in [2.75, 3.05) is 33.3 Å². The van der Waals surface area contributed by atoms with Crippen LogP contribution in [0.4, 0.5) is 0 Å². The van der Waals surface area contributed by atoms with Crippen molar-refractivity contribution in [1.82, 2.24) is 15.1 Å². The number of carbonyl (C=O) groups is 4. The first-order valence-electron chi connectivity index (χ1n) is 16.3. The molecule has 0 bridgehead atoms. The summed E-state index contributed by atoms with van der Waals surface area (Å²) in [6, 6.07) is 0. The molecule has 3 heterocycles. The minimum absolute atomic E-state index is 0.00543. The third-order valence-electron chi connectivity index (χ3n) is 10.3. The fourth-order valence-electron chi connectivity index (χ4n) is 7.90. The normalized spacial score (nSPS) is 30.2. The van der Waals surface area contributed by atoms with Crippen LogP contribution in [0.1, 0.15) is 96.8 Å². The second-order valence-corrected chi connectivity index (χ2v) is 12.9. The van der Waals surface area contributed by atoms with Crippen LogP contribution >= 0.6 is 0 Å². The number of fused-ring (bicyclic) bond motifs is 1. The van der Waals surface area contributed by atoms with Gasteiger partial charge in [0.05, 0.1) is 19.3 Å². The first kappa shape index (κ1) is 30.8. The smallest absolute Gasteiger partial charge is 0.320 e. The van der Waals surface area contributed by atoms with E-state index in [1.165, 1.54) is 31.9 Å². The van der Waals surface area contributed by atoms with Gasteiger partial charge in [0.15, 0.2) is 0 Å². The van der Waals surface area contributed by atoms with E-state index >= 15 is 0 Å². The number of allylic oxidation sites excluding steroid dienone is 1. The molecule has 0 spiro atoms. The molecule has 5 rings (SSSR count). The second kappa shape index (κ2) is 13.7. The van der Waals surface area contributed by atoms with Crippen LogP contribution in [0.5, 0.6) is 0 Å². The number of nitrogens with one attached hydrogen (secondary N) is 1. The lowest BCUT2D eigenvalue weighted by Crippen LogP contribution is -2.60. The van der Waals surface area contributed by atoms with Gasteiger partial charge in [-0.2, -0.15) is 0 Å². The van der Waals surface area contributed by atoms with Crippen LogP contribution in [0, 0.1) is 17.3 Å². The number of hydrogen-bond acceptors (Lipinski definition) is 6. The molecule has 3 fully saturated rings. The third kappa shape index (κ3) is 6.46. The number of methoxy groups -OCH3 is 1. The van der Waals surface area contributed by atoms with Gasteiger partial charge in [0.25, 0.3) is 0 Å². The molecule has 0 aromatic heterocycles. The Bertz CT molecular complexity index is 1100. The van der Waals surface area contributed by atoms with Gasteiger partial charge in [-0.05, 0) is 83.1 Å². The molecular weight excluding hydrogens is 534 g/mol. The molecule has 5 aliphatic rings. The summed E-state index contributed by atoms with van der Waals surface area (Å²) >= 11 is 0. The minimum Gasteiger partial charge on any atom is -0.468 e. The SMILES string of the molecule is COC(=O)[C@]12C[C@H](CC(=O)NCCCN3CCCC3=O)C(=O)N(CCC3=CCCCC3)C1=C[C@H](C1CCCC1)O[C@@H]2C. The van der Waals surface area contributed by atoms with Gasteiger partial charge in [-0.1, -0.05) is 24.5 Å². The zero-order valence-electron chi connectivity index (χ0n) is 25.5. The van der Waals surface area contributed by atoms with Gasteiger partial charge < -0.3 is 24.6 Å². The van der Waals surface area contributed by atoms with Crippen LogP contribution in [0.15, 0.2) is 23.4 Å². The van der Waals surface area contributed by atoms with Gasteiger partial charge in [0, 0.05) is 50.6 Å². The maximum Gasteiger partial charge on any atom is 0.320 e. The highest BCUT2D eigenvalue weighted by Crippen LogP contribution is 2.52. The maximum absolute atomic E-state index is 14.2. The Morgan fingerprint density at radius 3 is 2.60 bits per heavy atom. The maximum atomic E-state index is 14.2. The van der Waals surface area contributed by atoms with E-state index in [4.69, 9.17) is 9.47 Å². The van der Waals surface area contributed by atoms with E-state index in [0.717, 1.165) is 57.2 Å². The first-order chi connectivity index (χ1) is 20.3. The summed E-state index contributed by atoms with van der Waals surface area (Å²) < 4.78 is 12.0. The van der Waals surface area contributed by atoms with Crippen molar-refractivity contribution in [2.24, 2.45) is 17.3 Å². The highest BCUT2D eigenvalue weighted by Gasteiger charge is 2.60. The quantitative estimate of drug-likeness (QED) is 0.221. The van der Waals surface area contributed by atoms with Crippen molar-refractivity contribution in [3.05, 3.63) is 23.4 Å². The molecule has 1 saturated carbocycles. The van der Waals surface area contributed by atoms with Crippen LogP contribution < -0.4 is 5.32 Å². The number of amides is 3. The molecule has 1 N–H and O–H groups in total. The fraction of sp³-hybridized carbons (Fsp3) is 0.758. The van der Waals surface area contributed by atoms with Gasteiger partial charge in [0.2, 0.25) is 17.7 Å². The summed E-state index contributed by atoms with van der Waals surface area (Å²) in [5.41, 5.74) is 0.945. The number of carbonyl (C=O) groups excluding carboxylic acids is 4. The summed E-state index contributed by atoms with van der Waals surface area (Å²) in [5, 5.41) is 2.95. The van der Waals surface area contributed by atoms with Crippen molar-refractivity contribution in [3.8, 4) is 0 Å². The summed E-state index contributed by atoms with van der Waals surface area (Å²) in [6.45, 7) is 4.27. The number of nitrogens with zero attached hydrogens (tertiary/aromatic N) is 2. The molecule has 0 aromatic carbocycles. The summed E-state index contributed by atoms with van der Waals surface area (Å²) in [6.07, 6.45) is 15.9. The van der Waals surface area contributed by atoms with Crippen molar-refractivity contribution >= 4 is 23.7 Å². The van der Waals surface area contributed by atoms with E-state index < -0.39 is 23.4 Å². The molecule has 9 heteroatoms. The van der Waals surface area contributed by atoms with Crippen molar-refractivity contribution in [3.63, 3.8) is 0 Å².